The van der Waals surface area contributed by atoms with Crippen LogP contribution in [0.15, 0.2) is 6.33 Å². The minimum absolute atomic E-state index is 0.0913. The third kappa shape index (κ3) is 2.46. The van der Waals surface area contributed by atoms with Gasteiger partial charge in [-0.15, -0.1) is 0 Å². The summed E-state index contributed by atoms with van der Waals surface area (Å²) in [7, 11) is 1.54. The van der Waals surface area contributed by atoms with E-state index in [1.807, 2.05) is 0 Å². The minimum atomic E-state index is -0.167. The Morgan fingerprint density at radius 2 is 2.36 bits per heavy atom. The molecule has 1 heterocycles. The van der Waals surface area contributed by atoms with Gasteiger partial charge in [0.05, 0.1) is 6.54 Å². The summed E-state index contributed by atoms with van der Waals surface area (Å²) in [5.41, 5.74) is 5.79. The molecular formula is C7H10ClN5O. The third-order valence-corrected chi connectivity index (χ3v) is 1.83. The second-order valence-corrected chi connectivity index (χ2v) is 2.81. The first kappa shape index (κ1) is 10.5. The Labute approximate surface area is 85.9 Å². The molecule has 4 N–H and O–H groups in total. The van der Waals surface area contributed by atoms with Gasteiger partial charge >= 0.3 is 0 Å². The second-order valence-electron chi connectivity index (χ2n) is 2.45. The van der Waals surface area contributed by atoms with Gasteiger partial charge in [0.25, 0.3) is 0 Å². The van der Waals surface area contributed by atoms with Crippen molar-refractivity contribution in [2.24, 2.45) is 0 Å². The largest absolute Gasteiger partial charge is 0.393 e. The number of amides is 1. The van der Waals surface area contributed by atoms with Gasteiger partial charge in [-0.25, -0.2) is 9.97 Å². The fourth-order valence-corrected chi connectivity index (χ4v) is 0.900. The van der Waals surface area contributed by atoms with Gasteiger partial charge < -0.3 is 16.4 Å². The smallest absolute Gasteiger partial charge is 0.239 e. The maximum Gasteiger partial charge on any atom is 0.239 e. The van der Waals surface area contributed by atoms with E-state index < -0.39 is 0 Å². The van der Waals surface area contributed by atoms with Gasteiger partial charge in [-0.05, 0) is 0 Å². The number of likely N-dealkylation sites (N-methyl/N-ethyl adjacent to an activating group) is 1. The first-order chi connectivity index (χ1) is 6.65. The van der Waals surface area contributed by atoms with Crippen LogP contribution in [0.4, 0.5) is 11.5 Å². The zero-order valence-corrected chi connectivity index (χ0v) is 8.30. The molecule has 0 unspecified atom stereocenters. The Morgan fingerprint density at radius 1 is 1.64 bits per heavy atom. The van der Waals surface area contributed by atoms with Crippen molar-refractivity contribution in [2.45, 2.75) is 0 Å². The van der Waals surface area contributed by atoms with E-state index >= 15 is 0 Å². The third-order valence-electron chi connectivity index (χ3n) is 1.53. The monoisotopic (exact) mass is 215 g/mol. The Morgan fingerprint density at radius 3 is 3.00 bits per heavy atom. The van der Waals surface area contributed by atoms with E-state index in [1.165, 1.54) is 6.33 Å². The van der Waals surface area contributed by atoms with Crippen LogP contribution in [0.2, 0.25) is 5.15 Å². The van der Waals surface area contributed by atoms with Crippen LogP contribution in [0.1, 0.15) is 0 Å². The van der Waals surface area contributed by atoms with Crippen molar-refractivity contribution < 1.29 is 4.79 Å². The molecule has 0 aromatic carbocycles. The molecule has 14 heavy (non-hydrogen) atoms. The van der Waals surface area contributed by atoms with Gasteiger partial charge in [0, 0.05) is 7.05 Å². The van der Waals surface area contributed by atoms with E-state index in [0.29, 0.717) is 5.82 Å². The number of nitrogens with one attached hydrogen (secondary N) is 2. The number of hydrogen-bond acceptors (Lipinski definition) is 5. The molecule has 6 nitrogen and oxygen atoms in total. The van der Waals surface area contributed by atoms with Crippen LogP contribution in [0, 0.1) is 0 Å². The van der Waals surface area contributed by atoms with E-state index in [-0.39, 0.29) is 23.3 Å². The number of nitrogens with zero attached hydrogens (tertiary/aromatic N) is 2. The van der Waals surface area contributed by atoms with Crippen molar-refractivity contribution in [1.82, 2.24) is 15.3 Å². The number of nitrogens with two attached hydrogens (primary N) is 1. The summed E-state index contributed by atoms with van der Waals surface area (Å²) < 4.78 is 0. The Kier molecular flexibility index (Phi) is 3.47. The second kappa shape index (κ2) is 4.61. The number of halogens is 1. The highest BCUT2D eigenvalue weighted by Crippen LogP contribution is 2.21. The van der Waals surface area contributed by atoms with Crippen molar-refractivity contribution >= 4 is 29.0 Å². The van der Waals surface area contributed by atoms with Crippen LogP contribution in [-0.4, -0.2) is 29.5 Å². The quantitative estimate of drug-likeness (QED) is 0.611. The normalized spacial score (nSPS) is 9.57. The van der Waals surface area contributed by atoms with E-state index in [1.54, 1.807) is 7.05 Å². The number of aromatic nitrogens is 2. The lowest BCUT2D eigenvalue weighted by atomic mass is 10.4. The molecule has 0 aliphatic rings. The lowest BCUT2D eigenvalue weighted by molar-refractivity contribution is -0.118. The molecule has 0 spiro atoms. The van der Waals surface area contributed by atoms with Crippen molar-refractivity contribution in [1.29, 1.82) is 0 Å². The molecule has 1 aromatic rings. The number of carbonyl (C=O) groups is 1. The molecule has 0 saturated carbocycles. The van der Waals surface area contributed by atoms with Crippen molar-refractivity contribution in [3.63, 3.8) is 0 Å². The standard InChI is InChI=1S/C7H10ClN5O/c1-10-4(14)2-11-7-5(9)6(8)12-3-13-7/h3H,2,9H2,1H3,(H,10,14)(H,11,12,13). The summed E-state index contributed by atoms with van der Waals surface area (Å²) >= 11 is 5.65. The number of nitrogen functional groups attached to an aromatic ring is 1. The molecule has 1 aromatic heterocycles. The van der Waals surface area contributed by atoms with E-state index in [2.05, 4.69) is 20.6 Å². The molecule has 0 atom stereocenters. The van der Waals surface area contributed by atoms with Crippen LogP contribution >= 0.6 is 11.6 Å². The maximum atomic E-state index is 10.9. The molecule has 0 aliphatic heterocycles. The highest BCUT2D eigenvalue weighted by atomic mass is 35.5. The number of carbonyl (C=O) groups excluding carboxylic acids is 1. The zero-order valence-electron chi connectivity index (χ0n) is 7.54. The van der Waals surface area contributed by atoms with Gasteiger partial charge in [0.15, 0.2) is 11.0 Å². The lowest BCUT2D eigenvalue weighted by Gasteiger charge is -2.07. The fraction of sp³-hybridized carbons (Fsp3) is 0.286. The van der Waals surface area contributed by atoms with Crippen LogP contribution < -0.4 is 16.4 Å². The average Bonchev–Trinajstić information content (AvgIpc) is 2.20. The lowest BCUT2D eigenvalue weighted by Crippen LogP contribution is -2.26. The summed E-state index contributed by atoms with van der Waals surface area (Å²) in [5.74, 6) is 0.188. The minimum Gasteiger partial charge on any atom is -0.393 e. The van der Waals surface area contributed by atoms with E-state index in [9.17, 15) is 4.79 Å². The van der Waals surface area contributed by atoms with Gasteiger partial charge in [-0.3, -0.25) is 4.79 Å². The molecule has 0 aliphatic carbocycles. The van der Waals surface area contributed by atoms with Crippen LogP contribution in [0.25, 0.3) is 0 Å². The molecule has 76 valence electrons. The first-order valence-corrected chi connectivity index (χ1v) is 4.23. The van der Waals surface area contributed by atoms with Gasteiger partial charge in [0.2, 0.25) is 5.91 Å². The maximum absolute atomic E-state index is 10.9. The average molecular weight is 216 g/mol. The Hall–Kier alpha value is -1.56. The van der Waals surface area contributed by atoms with Crippen molar-refractivity contribution in [3.8, 4) is 0 Å². The molecular weight excluding hydrogens is 206 g/mol. The summed E-state index contributed by atoms with van der Waals surface area (Å²) in [6.45, 7) is 0.0913. The van der Waals surface area contributed by atoms with Crippen LogP contribution in [0.3, 0.4) is 0 Å². The molecule has 0 fully saturated rings. The summed E-state index contributed by atoms with van der Waals surface area (Å²) in [4.78, 5) is 18.4. The fourth-order valence-electron chi connectivity index (χ4n) is 0.767. The highest BCUT2D eigenvalue weighted by Gasteiger charge is 2.06. The Balaban J connectivity index is 2.68. The number of anilines is 2. The molecule has 1 rings (SSSR count). The molecule has 0 radical (unpaired) electrons. The number of hydrogen-bond donors (Lipinski definition) is 3. The van der Waals surface area contributed by atoms with Gasteiger partial charge in [-0.2, -0.15) is 0 Å². The summed E-state index contributed by atoms with van der Waals surface area (Å²) in [6.07, 6.45) is 1.27. The first-order valence-electron chi connectivity index (χ1n) is 3.85. The predicted molar refractivity (Wildman–Crippen MR) is 54.0 cm³/mol. The SMILES string of the molecule is CNC(=O)CNc1ncnc(Cl)c1N. The van der Waals surface area contributed by atoms with E-state index in [0.717, 1.165) is 0 Å². The molecule has 0 saturated heterocycles. The zero-order chi connectivity index (χ0) is 10.6. The van der Waals surface area contributed by atoms with Crippen LogP contribution in [-0.2, 0) is 4.79 Å². The van der Waals surface area contributed by atoms with Gasteiger partial charge in [-0.1, -0.05) is 11.6 Å². The molecule has 7 heteroatoms. The Bertz CT molecular complexity index is 343. The molecule has 0 bridgehead atoms. The van der Waals surface area contributed by atoms with Gasteiger partial charge in [0.1, 0.15) is 12.0 Å². The highest BCUT2D eigenvalue weighted by molar-refractivity contribution is 6.32. The number of rotatable bonds is 3. The summed E-state index contributed by atoms with van der Waals surface area (Å²) in [6, 6.07) is 0. The van der Waals surface area contributed by atoms with E-state index in [4.69, 9.17) is 17.3 Å². The van der Waals surface area contributed by atoms with Crippen molar-refractivity contribution in [2.75, 3.05) is 24.6 Å². The van der Waals surface area contributed by atoms with Crippen molar-refractivity contribution in [3.05, 3.63) is 11.5 Å². The summed E-state index contributed by atoms with van der Waals surface area (Å²) in [5, 5.41) is 5.35. The van der Waals surface area contributed by atoms with Crippen LogP contribution in [0.5, 0.6) is 0 Å². The topological polar surface area (TPSA) is 92.9 Å². The predicted octanol–water partition coefficient (Wildman–Crippen LogP) is -0.130. The molecule has 1 amide bonds.